The highest BCUT2D eigenvalue weighted by atomic mass is 16.5. The van der Waals surface area contributed by atoms with E-state index in [0.717, 1.165) is 22.3 Å². The molecule has 0 fully saturated rings. The predicted molar refractivity (Wildman–Crippen MR) is 111 cm³/mol. The predicted octanol–water partition coefficient (Wildman–Crippen LogP) is 4.45. The molecule has 6 heteroatoms. The number of carboxylic acid groups (broad SMARTS) is 1. The van der Waals surface area contributed by atoms with Crippen molar-refractivity contribution < 1.29 is 24.5 Å². The van der Waals surface area contributed by atoms with E-state index in [9.17, 15) is 19.8 Å². The lowest BCUT2D eigenvalue weighted by Gasteiger charge is -2.20. The third-order valence-corrected chi connectivity index (χ3v) is 5.33. The summed E-state index contributed by atoms with van der Waals surface area (Å²) in [6.45, 7) is 0.125. The Bertz CT molecular complexity index is 1050. The lowest BCUT2D eigenvalue weighted by molar-refractivity contribution is -0.137. The number of benzene rings is 3. The van der Waals surface area contributed by atoms with Gasteiger partial charge in [-0.25, -0.2) is 4.79 Å². The fraction of sp³-hybridized carbons (Fsp3) is 0.167. The second-order valence-electron chi connectivity index (χ2n) is 7.18. The number of ether oxygens (including phenoxy) is 1. The Morgan fingerprint density at radius 3 is 2.07 bits per heavy atom. The van der Waals surface area contributed by atoms with Gasteiger partial charge in [-0.1, -0.05) is 66.7 Å². The molecule has 1 atom stereocenters. The number of aromatic hydroxyl groups is 1. The molecule has 0 bridgehead atoms. The van der Waals surface area contributed by atoms with Gasteiger partial charge < -0.3 is 20.3 Å². The number of phenols is 1. The maximum atomic E-state index is 12.5. The van der Waals surface area contributed by atoms with Gasteiger partial charge in [0, 0.05) is 11.5 Å². The maximum Gasteiger partial charge on any atom is 0.407 e. The molecule has 0 aliphatic heterocycles. The highest BCUT2D eigenvalue weighted by Crippen LogP contribution is 2.44. The number of carbonyl (C=O) groups excluding carboxylic acids is 1. The summed E-state index contributed by atoms with van der Waals surface area (Å²) in [4.78, 5) is 23.7. The lowest BCUT2D eigenvalue weighted by atomic mass is 9.98. The minimum absolute atomic E-state index is 0.0808. The standard InChI is InChI=1S/C24H21NO5/c26-22-12-6-5-11-19(22)21(13-23(27)28)25-24(29)30-14-20-17-9-3-1-7-15(17)16-8-2-4-10-18(16)20/h1-12,20-21,26H,13-14H2,(H,25,29)(H,27,28)/t21-/m0/s1. The Labute approximate surface area is 173 Å². The summed E-state index contributed by atoms with van der Waals surface area (Å²) in [6, 6.07) is 21.4. The molecule has 1 aliphatic carbocycles. The molecule has 1 amide bonds. The van der Waals surface area contributed by atoms with Gasteiger partial charge in [-0.05, 0) is 28.3 Å². The molecule has 4 rings (SSSR count). The number of nitrogens with one attached hydrogen (secondary N) is 1. The van der Waals surface area contributed by atoms with Gasteiger partial charge in [-0.3, -0.25) is 4.79 Å². The van der Waals surface area contributed by atoms with Crippen molar-refractivity contribution in [3.8, 4) is 16.9 Å². The van der Waals surface area contributed by atoms with Crippen LogP contribution in [-0.4, -0.2) is 28.9 Å². The molecule has 3 N–H and O–H groups in total. The molecule has 0 aromatic heterocycles. The van der Waals surface area contributed by atoms with Crippen LogP contribution in [0.3, 0.4) is 0 Å². The van der Waals surface area contributed by atoms with Crippen molar-refractivity contribution in [1.82, 2.24) is 5.32 Å². The smallest absolute Gasteiger partial charge is 0.407 e. The van der Waals surface area contributed by atoms with Crippen molar-refractivity contribution >= 4 is 12.1 Å². The minimum atomic E-state index is -1.10. The summed E-state index contributed by atoms with van der Waals surface area (Å²) in [5.74, 6) is -1.27. The van der Waals surface area contributed by atoms with Crippen molar-refractivity contribution in [3.05, 3.63) is 89.5 Å². The number of hydrogen-bond acceptors (Lipinski definition) is 4. The molecule has 0 saturated carbocycles. The number of phenolic OH excluding ortho intramolecular Hbond substituents is 1. The second kappa shape index (κ2) is 8.29. The first-order valence-electron chi connectivity index (χ1n) is 9.66. The normalized spacial score (nSPS) is 13.2. The number of hydrogen-bond donors (Lipinski definition) is 3. The number of carbonyl (C=O) groups is 2. The molecule has 6 nitrogen and oxygen atoms in total. The van der Waals surface area contributed by atoms with Crippen LogP contribution in [0.1, 0.15) is 35.1 Å². The highest BCUT2D eigenvalue weighted by molar-refractivity contribution is 5.79. The van der Waals surface area contributed by atoms with E-state index >= 15 is 0 Å². The third-order valence-electron chi connectivity index (χ3n) is 5.33. The average Bonchev–Trinajstić information content (AvgIpc) is 3.06. The summed E-state index contributed by atoms with van der Waals surface area (Å²) >= 11 is 0. The fourth-order valence-corrected chi connectivity index (χ4v) is 3.98. The van der Waals surface area contributed by atoms with E-state index < -0.39 is 18.1 Å². The van der Waals surface area contributed by atoms with Crippen molar-refractivity contribution in [1.29, 1.82) is 0 Å². The van der Waals surface area contributed by atoms with E-state index in [1.54, 1.807) is 18.2 Å². The van der Waals surface area contributed by atoms with Gasteiger partial charge in [0.15, 0.2) is 0 Å². The molecule has 0 spiro atoms. The zero-order valence-electron chi connectivity index (χ0n) is 16.1. The van der Waals surface area contributed by atoms with Crippen molar-refractivity contribution in [2.24, 2.45) is 0 Å². The van der Waals surface area contributed by atoms with E-state index in [-0.39, 0.29) is 24.7 Å². The van der Waals surface area contributed by atoms with Gasteiger partial charge in [0.1, 0.15) is 12.4 Å². The van der Waals surface area contributed by atoms with Gasteiger partial charge in [0.25, 0.3) is 0 Å². The molecule has 0 unspecified atom stereocenters. The highest BCUT2D eigenvalue weighted by Gasteiger charge is 2.29. The second-order valence-corrected chi connectivity index (χ2v) is 7.18. The van der Waals surface area contributed by atoms with Crippen LogP contribution in [0.4, 0.5) is 4.79 Å². The third kappa shape index (κ3) is 3.85. The van der Waals surface area contributed by atoms with Crippen LogP contribution >= 0.6 is 0 Å². The van der Waals surface area contributed by atoms with Crippen molar-refractivity contribution in [3.63, 3.8) is 0 Å². The molecule has 3 aromatic rings. The number of fused-ring (bicyclic) bond motifs is 3. The Hall–Kier alpha value is -3.80. The Kier molecular flexibility index (Phi) is 5.39. The first kappa shape index (κ1) is 19.5. The first-order valence-corrected chi connectivity index (χ1v) is 9.66. The van der Waals surface area contributed by atoms with E-state index in [4.69, 9.17) is 4.74 Å². The summed E-state index contributed by atoms with van der Waals surface area (Å²) in [5.41, 5.74) is 4.76. The van der Waals surface area contributed by atoms with Crippen LogP contribution in [-0.2, 0) is 9.53 Å². The molecule has 1 aliphatic rings. The number of amides is 1. The zero-order valence-corrected chi connectivity index (χ0v) is 16.1. The molecule has 0 heterocycles. The van der Waals surface area contributed by atoms with Crippen LogP contribution < -0.4 is 5.32 Å². The lowest BCUT2D eigenvalue weighted by Crippen LogP contribution is -2.31. The number of para-hydroxylation sites is 1. The molecule has 3 aromatic carbocycles. The Balaban J connectivity index is 1.49. The van der Waals surface area contributed by atoms with Crippen molar-refractivity contribution in [2.75, 3.05) is 6.61 Å². The summed E-state index contributed by atoms with van der Waals surface area (Å²) < 4.78 is 5.49. The van der Waals surface area contributed by atoms with E-state index in [0.29, 0.717) is 5.56 Å². The number of carboxylic acids is 1. The number of rotatable bonds is 6. The van der Waals surface area contributed by atoms with E-state index in [2.05, 4.69) is 17.4 Å². The molecular formula is C24H21NO5. The van der Waals surface area contributed by atoms with E-state index in [1.165, 1.54) is 6.07 Å². The largest absolute Gasteiger partial charge is 0.508 e. The SMILES string of the molecule is O=C(O)C[C@H](NC(=O)OCC1c2ccccc2-c2ccccc21)c1ccccc1O. The maximum absolute atomic E-state index is 12.5. The molecule has 152 valence electrons. The molecular weight excluding hydrogens is 382 g/mol. The molecule has 0 radical (unpaired) electrons. The van der Waals surface area contributed by atoms with Gasteiger partial charge in [0.05, 0.1) is 12.5 Å². The van der Waals surface area contributed by atoms with Gasteiger partial charge >= 0.3 is 12.1 Å². The Morgan fingerprint density at radius 2 is 1.47 bits per heavy atom. The Morgan fingerprint density at radius 1 is 0.900 bits per heavy atom. The van der Waals surface area contributed by atoms with Crippen LogP contribution in [0, 0.1) is 0 Å². The quantitative estimate of drug-likeness (QED) is 0.565. The fourth-order valence-electron chi connectivity index (χ4n) is 3.98. The minimum Gasteiger partial charge on any atom is -0.508 e. The molecule has 0 saturated heterocycles. The van der Waals surface area contributed by atoms with Crippen LogP contribution in [0.2, 0.25) is 0 Å². The first-order chi connectivity index (χ1) is 14.5. The summed E-state index contributed by atoms with van der Waals surface area (Å²) in [7, 11) is 0. The van der Waals surface area contributed by atoms with Gasteiger partial charge in [0.2, 0.25) is 0 Å². The van der Waals surface area contributed by atoms with Crippen LogP contribution in [0.25, 0.3) is 11.1 Å². The molecule has 30 heavy (non-hydrogen) atoms. The average molecular weight is 403 g/mol. The van der Waals surface area contributed by atoms with Gasteiger partial charge in [-0.2, -0.15) is 0 Å². The zero-order chi connectivity index (χ0) is 21.1. The van der Waals surface area contributed by atoms with Crippen molar-refractivity contribution in [2.45, 2.75) is 18.4 Å². The number of aliphatic carboxylic acids is 1. The topological polar surface area (TPSA) is 95.9 Å². The van der Waals surface area contributed by atoms with E-state index in [1.807, 2.05) is 36.4 Å². The monoisotopic (exact) mass is 403 g/mol. The summed E-state index contributed by atoms with van der Waals surface area (Å²) in [6.07, 6.45) is -1.10. The van der Waals surface area contributed by atoms with Gasteiger partial charge in [-0.15, -0.1) is 0 Å². The van der Waals surface area contributed by atoms with Crippen LogP contribution in [0.15, 0.2) is 72.8 Å². The number of alkyl carbamates (subject to hydrolysis) is 1. The van der Waals surface area contributed by atoms with Crippen LogP contribution in [0.5, 0.6) is 5.75 Å². The summed E-state index contributed by atoms with van der Waals surface area (Å²) in [5, 5.41) is 21.8.